The molecule has 1 fully saturated rings. The summed E-state index contributed by atoms with van der Waals surface area (Å²) in [5.74, 6) is 0. The molecule has 0 aromatic heterocycles. The van der Waals surface area contributed by atoms with Crippen molar-refractivity contribution in [2.75, 3.05) is 40.5 Å². The molecule has 0 unspecified atom stereocenters. The van der Waals surface area contributed by atoms with Crippen LogP contribution in [0.4, 0.5) is 0 Å². The summed E-state index contributed by atoms with van der Waals surface area (Å²) < 4.78 is 38.5. The highest BCUT2D eigenvalue weighted by atomic mass is 32.2. The summed E-state index contributed by atoms with van der Waals surface area (Å²) in [5.41, 5.74) is 0. The average molecular weight is 308 g/mol. The van der Waals surface area contributed by atoms with Crippen LogP contribution in [-0.4, -0.2) is 59.3 Å². The van der Waals surface area contributed by atoms with Crippen LogP contribution in [0.5, 0.6) is 0 Å². The third-order valence-corrected chi connectivity index (χ3v) is 5.28. The summed E-state index contributed by atoms with van der Waals surface area (Å²) >= 11 is 0. The van der Waals surface area contributed by atoms with E-state index < -0.39 is 10.2 Å². The number of nitrogens with one attached hydrogen (secondary N) is 1. The maximum Gasteiger partial charge on any atom is 0.279 e. The fraction of sp³-hybridized carbons (Fsp3) is 1.00. The van der Waals surface area contributed by atoms with E-state index >= 15 is 0 Å². The van der Waals surface area contributed by atoms with Gasteiger partial charge in [-0.2, -0.15) is 12.7 Å². The van der Waals surface area contributed by atoms with Gasteiger partial charge < -0.3 is 9.47 Å². The summed E-state index contributed by atoms with van der Waals surface area (Å²) in [5, 5.41) is 0. The van der Waals surface area contributed by atoms with Crippen LogP contribution in [-0.2, 0) is 19.7 Å². The second-order valence-corrected chi connectivity index (χ2v) is 6.98. The van der Waals surface area contributed by atoms with Crippen molar-refractivity contribution in [3.63, 3.8) is 0 Å². The zero-order valence-electron chi connectivity index (χ0n) is 12.6. The fourth-order valence-corrected chi connectivity index (χ4v) is 3.57. The van der Waals surface area contributed by atoms with Crippen molar-refractivity contribution < 1.29 is 17.9 Å². The quantitative estimate of drug-likeness (QED) is 0.615. The SMILES string of the molecule is COCCOCCCNS(=O)(=O)N(C)C1CCCCC1. The standard InChI is InChI=1S/C13H28N2O4S/c1-15(13-7-4-3-5-8-13)20(16,17)14-9-6-10-19-12-11-18-2/h13-14H,3-12H2,1-2H3. The van der Waals surface area contributed by atoms with Gasteiger partial charge in [-0.15, -0.1) is 0 Å². The normalized spacial score (nSPS) is 17.8. The minimum absolute atomic E-state index is 0.152. The summed E-state index contributed by atoms with van der Waals surface area (Å²) in [4.78, 5) is 0. The Kier molecular flexibility index (Phi) is 8.63. The van der Waals surface area contributed by atoms with Crippen molar-refractivity contribution in [3.8, 4) is 0 Å². The van der Waals surface area contributed by atoms with Crippen molar-refractivity contribution >= 4 is 10.2 Å². The lowest BCUT2D eigenvalue weighted by Crippen LogP contribution is -2.45. The zero-order chi connectivity index (χ0) is 14.8. The molecule has 0 atom stereocenters. The molecule has 0 amide bonds. The molecule has 0 aliphatic heterocycles. The van der Waals surface area contributed by atoms with Gasteiger partial charge in [0.15, 0.2) is 0 Å². The lowest BCUT2D eigenvalue weighted by molar-refractivity contribution is 0.0699. The van der Waals surface area contributed by atoms with Crippen molar-refractivity contribution in [2.24, 2.45) is 0 Å². The summed E-state index contributed by atoms with van der Waals surface area (Å²) in [6.45, 7) is 2.06. The van der Waals surface area contributed by atoms with Crippen molar-refractivity contribution in [1.82, 2.24) is 9.03 Å². The van der Waals surface area contributed by atoms with Gasteiger partial charge in [-0.1, -0.05) is 19.3 Å². The van der Waals surface area contributed by atoms with E-state index in [1.807, 2.05) is 0 Å². The Morgan fingerprint density at radius 3 is 2.50 bits per heavy atom. The van der Waals surface area contributed by atoms with E-state index in [0.29, 0.717) is 32.8 Å². The van der Waals surface area contributed by atoms with Crippen LogP contribution in [0, 0.1) is 0 Å². The third kappa shape index (κ3) is 6.49. The molecule has 0 bridgehead atoms. The van der Waals surface area contributed by atoms with Crippen molar-refractivity contribution in [1.29, 1.82) is 0 Å². The molecule has 1 aliphatic rings. The molecule has 1 saturated carbocycles. The van der Waals surface area contributed by atoms with E-state index in [9.17, 15) is 8.42 Å². The van der Waals surface area contributed by atoms with Gasteiger partial charge in [-0.3, -0.25) is 0 Å². The predicted octanol–water partition coefficient (Wildman–Crippen LogP) is 1.14. The molecule has 0 aromatic carbocycles. The zero-order valence-corrected chi connectivity index (χ0v) is 13.5. The van der Waals surface area contributed by atoms with Crippen LogP contribution in [0.15, 0.2) is 0 Å². The number of hydrogen-bond acceptors (Lipinski definition) is 4. The highest BCUT2D eigenvalue weighted by Gasteiger charge is 2.26. The second-order valence-electron chi connectivity index (χ2n) is 5.17. The van der Waals surface area contributed by atoms with Crippen molar-refractivity contribution in [3.05, 3.63) is 0 Å². The van der Waals surface area contributed by atoms with Crippen LogP contribution in [0.2, 0.25) is 0 Å². The highest BCUT2D eigenvalue weighted by Crippen LogP contribution is 2.22. The molecule has 0 aromatic rings. The summed E-state index contributed by atoms with van der Waals surface area (Å²) in [7, 11) is -0.0566. The monoisotopic (exact) mass is 308 g/mol. The Hall–Kier alpha value is -0.210. The number of hydrogen-bond donors (Lipinski definition) is 1. The van der Waals surface area contributed by atoms with Crippen LogP contribution >= 0.6 is 0 Å². The maximum atomic E-state index is 12.1. The largest absolute Gasteiger partial charge is 0.382 e. The first-order valence-electron chi connectivity index (χ1n) is 7.37. The number of ether oxygens (including phenoxy) is 2. The van der Waals surface area contributed by atoms with Gasteiger partial charge >= 0.3 is 0 Å². The lowest BCUT2D eigenvalue weighted by Gasteiger charge is -2.30. The molecule has 0 heterocycles. The number of methoxy groups -OCH3 is 1. The Labute approximate surface area is 123 Å². The van der Waals surface area contributed by atoms with Crippen LogP contribution in [0.1, 0.15) is 38.5 Å². The van der Waals surface area contributed by atoms with E-state index in [0.717, 1.165) is 25.7 Å². The first-order chi connectivity index (χ1) is 9.58. The van der Waals surface area contributed by atoms with Crippen LogP contribution in [0.25, 0.3) is 0 Å². The molecule has 1 rings (SSSR count). The highest BCUT2D eigenvalue weighted by molar-refractivity contribution is 7.87. The molecule has 1 N–H and O–H groups in total. The first kappa shape index (κ1) is 17.8. The molecule has 1 aliphatic carbocycles. The van der Waals surface area contributed by atoms with Gasteiger partial charge in [0.1, 0.15) is 0 Å². The molecule has 6 nitrogen and oxygen atoms in total. The van der Waals surface area contributed by atoms with Gasteiger partial charge in [0, 0.05) is 33.4 Å². The van der Waals surface area contributed by atoms with Gasteiger partial charge in [-0.25, -0.2) is 4.72 Å². The molecule has 120 valence electrons. The van der Waals surface area contributed by atoms with Gasteiger partial charge in [0.25, 0.3) is 10.2 Å². The fourth-order valence-electron chi connectivity index (χ4n) is 2.36. The van der Waals surface area contributed by atoms with E-state index in [1.54, 1.807) is 14.2 Å². The van der Waals surface area contributed by atoms with Crippen LogP contribution < -0.4 is 4.72 Å². The van der Waals surface area contributed by atoms with Gasteiger partial charge in [0.2, 0.25) is 0 Å². The van der Waals surface area contributed by atoms with E-state index in [-0.39, 0.29) is 6.04 Å². The van der Waals surface area contributed by atoms with Crippen LogP contribution in [0.3, 0.4) is 0 Å². The van der Waals surface area contributed by atoms with E-state index in [1.165, 1.54) is 10.7 Å². The number of nitrogens with zero attached hydrogens (tertiary/aromatic N) is 1. The lowest BCUT2D eigenvalue weighted by atomic mass is 9.96. The Morgan fingerprint density at radius 2 is 1.85 bits per heavy atom. The minimum atomic E-state index is -3.35. The molecule has 20 heavy (non-hydrogen) atoms. The predicted molar refractivity (Wildman–Crippen MR) is 78.9 cm³/mol. The topological polar surface area (TPSA) is 67.9 Å². The summed E-state index contributed by atoms with van der Waals surface area (Å²) in [6, 6.07) is 0.152. The smallest absolute Gasteiger partial charge is 0.279 e. The minimum Gasteiger partial charge on any atom is -0.382 e. The maximum absolute atomic E-state index is 12.1. The van der Waals surface area contributed by atoms with Gasteiger partial charge in [-0.05, 0) is 19.3 Å². The molecular weight excluding hydrogens is 280 g/mol. The van der Waals surface area contributed by atoms with E-state index in [2.05, 4.69) is 4.72 Å². The Bertz CT molecular complexity index is 342. The first-order valence-corrected chi connectivity index (χ1v) is 8.81. The molecule has 0 radical (unpaired) electrons. The molecular formula is C13H28N2O4S. The molecule has 7 heteroatoms. The second kappa shape index (κ2) is 9.68. The van der Waals surface area contributed by atoms with Crippen molar-refractivity contribution in [2.45, 2.75) is 44.6 Å². The Balaban J connectivity index is 2.19. The Morgan fingerprint density at radius 1 is 1.15 bits per heavy atom. The summed E-state index contributed by atoms with van der Waals surface area (Å²) in [6.07, 6.45) is 6.07. The van der Waals surface area contributed by atoms with E-state index in [4.69, 9.17) is 9.47 Å². The average Bonchev–Trinajstić information content (AvgIpc) is 2.46. The molecule has 0 spiro atoms. The van der Waals surface area contributed by atoms with Gasteiger partial charge in [0.05, 0.1) is 13.2 Å². The third-order valence-electron chi connectivity index (χ3n) is 3.65. The molecule has 0 saturated heterocycles. The number of rotatable bonds is 10.